The molecule has 0 amide bonds. The van der Waals surface area contributed by atoms with E-state index in [1.807, 2.05) is 18.3 Å². The van der Waals surface area contributed by atoms with Gasteiger partial charge in [0.05, 0.1) is 5.84 Å². The van der Waals surface area contributed by atoms with Crippen LogP contribution in [-0.2, 0) is 0 Å². The van der Waals surface area contributed by atoms with Crippen molar-refractivity contribution in [2.45, 2.75) is 33.7 Å². The van der Waals surface area contributed by atoms with Gasteiger partial charge < -0.3 is 5.32 Å². The van der Waals surface area contributed by atoms with Gasteiger partial charge >= 0.3 is 0 Å². The van der Waals surface area contributed by atoms with Crippen LogP contribution < -0.4 is 5.32 Å². The molecule has 4 heteroatoms. The van der Waals surface area contributed by atoms with Crippen LogP contribution in [0.2, 0.25) is 0 Å². The summed E-state index contributed by atoms with van der Waals surface area (Å²) >= 11 is 1.81. The Kier molecular flexibility index (Phi) is 4.16. The van der Waals surface area contributed by atoms with E-state index in [-0.39, 0.29) is 18.4 Å². The van der Waals surface area contributed by atoms with Crippen LogP contribution >= 0.6 is 23.7 Å². The fourth-order valence-electron chi connectivity index (χ4n) is 1.69. The molecule has 0 fully saturated rings. The molecule has 1 atom stereocenters. The predicted molar refractivity (Wildman–Crippen MR) is 73.8 cm³/mol. The van der Waals surface area contributed by atoms with E-state index >= 15 is 0 Å². The molecule has 2 nitrogen and oxygen atoms in total. The lowest BCUT2D eigenvalue weighted by Crippen LogP contribution is -2.20. The summed E-state index contributed by atoms with van der Waals surface area (Å²) in [6, 6.07) is 0.227. The van der Waals surface area contributed by atoms with Crippen molar-refractivity contribution in [1.29, 1.82) is 0 Å². The topological polar surface area (TPSA) is 24.4 Å². The van der Waals surface area contributed by atoms with Gasteiger partial charge in [0, 0.05) is 11.1 Å². The lowest BCUT2D eigenvalue weighted by atomic mass is 10.0. The second-order valence-corrected chi connectivity index (χ2v) is 4.97. The van der Waals surface area contributed by atoms with Crippen molar-refractivity contribution in [3.05, 3.63) is 33.2 Å². The third-order valence-electron chi connectivity index (χ3n) is 2.83. The lowest BCUT2D eigenvalue weighted by Gasteiger charge is -2.19. The van der Waals surface area contributed by atoms with Crippen LogP contribution in [0.1, 0.15) is 35.9 Å². The highest BCUT2D eigenvalue weighted by Crippen LogP contribution is 2.35. The second kappa shape index (κ2) is 5.02. The first-order chi connectivity index (χ1) is 7.09. The van der Waals surface area contributed by atoms with E-state index in [1.165, 1.54) is 21.6 Å². The molecule has 2 rings (SSSR count). The molecule has 88 valence electrons. The smallest absolute Gasteiger partial charge is 0.109 e. The number of amidine groups is 1. The normalized spacial score (nSPS) is 19.4. The Morgan fingerprint density at radius 1 is 1.25 bits per heavy atom. The molecule has 1 N–H and O–H groups in total. The molecule has 0 bridgehead atoms. The fraction of sp³-hybridized carbons (Fsp3) is 0.417. The quantitative estimate of drug-likeness (QED) is 0.813. The summed E-state index contributed by atoms with van der Waals surface area (Å²) in [5.41, 5.74) is 4.04. The molecule has 1 unspecified atom stereocenters. The zero-order valence-corrected chi connectivity index (χ0v) is 11.6. The summed E-state index contributed by atoms with van der Waals surface area (Å²) in [5, 5.41) is 5.36. The van der Waals surface area contributed by atoms with Crippen molar-refractivity contribution in [2.75, 3.05) is 0 Å². The Balaban J connectivity index is 0.00000128. The zero-order valence-electron chi connectivity index (χ0n) is 10.00. The van der Waals surface area contributed by atoms with E-state index < -0.39 is 0 Å². The number of hydrogen-bond acceptors (Lipinski definition) is 3. The number of halogens is 1. The Bertz CT molecular complexity index is 446. The van der Waals surface area contributed by atoms with Crippen LogP contribution in [0.4, 0.5) is 0 Å². The van der Waals surface area contributed by atoms with E-state index in [0.29, 0.717) is 0 Å². The van der Waals surface area contributed by atoms with Gasteiger partial charge in [0.2, 0.25) is 0 Å². The number of aryl methyl sites for hydroxylation is 1. The van der Waals surface area contributed by atoms with Gasteiger partial charge in [-0.15, -0.1) is 23.7 Å². The van der Waals surface area contributed by atoms with Crippen molar-refractivity contribution in [2.24, 2.45) is 4.99 Å². The maximum atomic E-state index is 4.66. The van der Waals surface area contributed by atoms with Crippen molar-refractivity contribution in [1.82, 2.24) is 5.32 Å². The summed E-state index contributed by atoms with van der Waals surface area (Å²) in [7, 11) is 0. The van der Waals surface area contributed by atoms with Crippen molar-refractivity contribution >= 4 is 29.6 Å². The molecule has 1 aromatic heterocycles. The lowest BCUT2D eigenvalue weighted by molar-refractivity contribution is 0.817. The number of aliphatic imine (C=N–C) groups is 1. The zero-order chi connectivity index (χ0) is 11.0. The molecular formula is C12H17ClN2S. The molecule has 0 aliphatic carbocycles. The number of nitrogens with zero attached hydrogens (tertiary/aromatic N) is 1. The molecule has 0 saturated carbocycles. The molecule has 0 radical (unpaired) electrons. The van der Waals surface area contributed by atoms with E-state index in [4.69, 9.17) is 0 Å². The minimum atomic E-state index is 0. The molecule has 2 heterocycles. The molecule has 0 saturated heterocycles. The van der Waals surface area contributed by atoms with Crippen LogP contribution in [0.25, 0.3) is 0 Å². The number of nitrogens with one attached hydrogen (secondary N) is 1. The average molecular weight is 257 g/mol. The first kappa shape index (κ1) is 13.3. The Hall–Kier alpha value is -0.800. The summed E-state index contributed by atoms with van der Waals surface area (Å²) < 4.78 is 0. The molecule has 0 spiro atoms. The highest BCUT2D eigenvalue weighted by Gasteiger charge is 2.20. The SMILES string of the molecule is CC1=CNC(C)=NC1c1scc(C)c1C.Cl. The summed E-state index contributed by atoms with van der Waals surface area (Å²) in [6.45, 7) is 8.47. The second-order valence-electron chi connectivity index (χ2n) is 4.06. The minimum absolute atomic E-state index is 0. The van der Waals surface area contributed by atoms with Crippen molar-refractivity contribution in [3.63, 3.8) is 0 Å². The maximum absolute atomic E-state index is 4.66. The van der Waals surface area contributed by atoms with Gasteiger partial charge in [0.25, 0.3) is 0 Å². The monoisotopic (exact) mass is 256 g/mol. The molecule has 1 aliphatic heterocycles. The highest BCUT2D eigenvalue weighted by molar-refractivity contribution is 7.10. The molecule has 1 aliphatic rings. The van der Waals surface area contributed by atoms with Gasteiger partial charge in [-0.1, -0.05) is 0 Å². The number of thiophene rings is 1. The Morgan fingerprint density at radius 3 is 2.50 bits per heavy atom. The van der Waals surface area contributed by atoms with Crippen LogP contribution in [0.5, 0.6) is 0 Å². The highest BCUT2D eigenvalue weighted by atomic mass is 35.5. The predicted octanol–water partition coefficient (Wildman–Crippen LogP) is 3.75. The van der Waals surface area contributed by atoms with Crippen LogP contribution in [-0.4, -0.2) is 5.84 Å². The number of rotatable bonds is 1. The third kappa shape index (κ3) is 2.30. The Morgan fingerprint density at radius 2 is 1.94 bits per heavy atom. The van der Waals surface area contributed by atoms with Gasteiger partial charge in [-0.2, -0.15) is 0 Å². The standard InChI is InChI=1S/C12H16N2S.ClH/c1-7-5-13-10(4)14-11(7)12-9(3)8(2)6-15-12;/h5-6,11H,1-4H3,(H,13,14);1H. The fourth-order valence-corrected chi connectivity index (χ4v) is 2.87. The van der Waals surface area contributed by atoms with Gasteiger partial charge in [0.15, 0.2) is 0 Å². The largest absolute Gasteiger partial charge is 0.351 e. The molecule has 1 aromatic rings. The summed E-state index contributed by atoms with van der Waals surface area (Å²) in [6.07, 6.45) is 2.06. The van der Waals surface area contributed by atoms with Gasteiger partial charge in [-0.05, 0) is 49.8 Å². The van der Waals surface area contributed by atoms with Crippen molar-refractivity contribution in [3.8, 4) is 0 Å². The number of hydrogen-bond donors (Lipinski definition) is 1. The molecule has 0 aromatic carbocycles. The van der Waals surface area contributed by atoms with E-state index in [2.05, 4.69) is 42.7 Å². The maximum Gasteiger partial charge on any atom is 0.109 e. The van der Waals surface area contributed by atoms with Crippen LogP contribution in [0, 0.1) is 13.8 Å². The van der Waals surface area contributed by atoms with Crippen LogP contribution in [0.3, 0.4) is 0 Å². The van der Waals surface area contributed by atoms with E-state index in [1.54, 1.807) is 0 Å². The minimum Gasteiger partial charge on any atom is -0.351 e. The first-order valence-corrected chi connectivity index (χ1v) is 5.99. The van der Waals surface area contributed by atoms with Crippen LogP contribution in [0.15, 0.2) is 22.1 Å². The van der Waals surface area contributed by atoms with Gasteiger partial charge in [-0.3, -0.25) is 4.99 Å². The van der Waals surface area contributed by atoms with Crippen molar-refractivity contribution < 1.29 is 0 Å². The Labute approximate surface area is 107 Å². The van der Waals surface area contributed by atoms with Gasteiger partial charge in [-0.25, -0.2) is 0 Å². The average Bonchev–Trinajstić information content (AvgIpc) is 2.52. The summed E-state index contributed by atoms with van der Waals surface area (Å²) in [4.78, 5) is 6.03. The first-order valence-electron chi connectivity index (χ1n) is 5.12. The van der Waals surface area contributed by atoms with E-state index in [0.717, 1.165) is 5.84 Å². The molecule has 16 heavy (non-hydrogen) atoms. The molecular weight excluding hydrogens is 240 g/mol. The van der Waals surface area contributed by atoms with E-state index in [9.17, 15) is 0 Å². The summed E-state index contributed by atoms with van der Waals surface area (Å²) in [5.74, 6) is 0.996. The third-order valence-corrected chi connectivity index (χ3v) is 4.09. The van der Waals surface area contributed by atoms with Gasteiger partial charge in [0.1, 0.15) is 6.04 Å².